The van der Waals surface area contributed by atoms with Gasteiger partial charge in [-0.1, -0.05) is 60.7 Å². The Morgan fingerprint density at radius 1 is 1.07 bits per heavy atom. The summed E-state index contributed by atoms with van der Waals surface area (Å²) in [6, 6.07) is 19.9. The Bertz CT molecular complexity index is 1430. The average molecular weight is 386 g/mol. The molecule has 138 valence electrons. The molecule has 0 radical (unpaired) electrons. The zero-order chi connectivity index (χ0) is 19.1. The van der Waals surface area contributed by atoms with Crippen molar-refractivity contribution in [1.29, 1.82) is 0 Å². The molecular weight excluding hydrogens is 368 g/mol. The number of ether oxygens (including phenoxy) is 1. The van der Waals surface area contributed by atoms with Crippen LogP contribution in [0.1, 0.15) is 18.9 Å². The topological polar surface area (TPSA) is 43.6 Å². The van der Waals surface area contributed by atoms with Crippen LogP contribution in [0.5, 0.6) is 5.75 Å². The van der Waals surface area contributed by atoms with Crippen LogP contribution in [0, 0.1) is 0 Å². The van der Waals surface area contributed by atoms with Crippen LogP contribution < -0.4 is 14.8 Å². The van der Waals surface area contributed by atoms with Crippen molar-refractivity contribution in [3.63, 3.8) is 0 Å². The smallest absolute Gasteiger partial charge is 0.274 e. The fraction of sp³-hybridized carbons (Fsp3) is 0.130. The molecule has 0 aliphatic rings. The Morgan fingerprint density at radius 3 is 2.79 bits per heavy atom. The maximum absolute atomic E-state index is 13.1. The molecule has 5 aromatic rings. The number of para-hydroxylation sites is 2. The second-order valence-electron chi connectivity index (χ2n) is 6.68. The number of rotatable bonds is 4. The number of thiazole rings is 1. The Morgan fingerprint density at radius 2 is 1.89 bits per heavy atom. The molecule has 2 aromatic heterocycles. The molecule has 0 spiro atoms. The van der Waals surface area contributed by atoms with E-state index >= 15 is 0 Å². The third-order valence-corrected chi connectivity index (χ3v) is 5.78. The normalized spacial score (nSPS) is 12.4. The van der Waals surface area contributed by atoms with Gasteiger partial charge in [0.05, 0.1) is 22.2 Å². The fourth-order valence-corrected chi connectivity index (χ4v) is 4.47. The molecule has 5 heteroatoms. The van der Waals surface area contributed by atoms with E-state index in [4.69, 9.17) is 4.74 Å². The second-order valence-corrected chi connectivity index (χ2v) is 7.69. The fourth-order valence-electron chi connectivity index (χ4n) is 3.51. The van der Waals surface area contributed by atoms with Crippen LogP contribution in [0.25, 0.3) is 32.8 Å². The maximum Gasteiger partial charge on any atom is 0.274 e. The molecule has 0 aliphatic carbocycles. The van der Waals surface area contributed by atoms with E-state index in [0.717, 1.165) is 39.5 Å². The van der Waals surface area contributed by atoms with E-state index in [1.165, 1.54) is 11.3 Å². The Hall–Kier alpha value is -3.18. The van der Waals surface area contributed by atoms with Gasteiger partial charge < -0.3 is 4.74 Å². The molecule has 4 nitrogen and oxygen atoms in total. The first-order valence-corrected chi connectivity index (χ1v) is 10.1. The number of aromatic nitrogens is 2. The lowest BCUT2D eigenvalue weighted by atomic mass is 10.0. The van der Waals surface area contributed by atoms with Gasteiger partial charge in [-0.25, -0.2) is 9.38 Å². The third-order valence-electron chi connectivity index (χ3n) is 4.81. The van der Waals surface area contributed by atoms with Crippen LogP contribution >= 0.6 is 11.3 Å². The lowest BCUT2D eigenvalue weighted by molar-refractivity contribution is 0.317. The van der Waals surface area contributed by atoms with Crippen LogP contribution in [0.4, 0.5) is 0 Å². The first kappa shape index (κ1) is 17.0. The first-order valence-electron chi connectivity index (χ1n) is 9.32. The highest BCUT2D eigenvalue weighted by atomic mass is 32.1. The zero-order valence-corrected chi connectivity index (χ0v) is 16.2. The van der Waals surface area contributed by atoms with Crippen LogP contribution in [0.2, 0.25) is 0 Å². The van der Waals surface area contributed by atoms with Crippen molar-refractivity contribution >= 4 is 44.2 Å². The Kier molecular flexibility index (Phi) is 4.10. The summed E-state index contributed by atoms with van der Waals surface area (Å²) in [7, 11) is 0. The Balaban J connectivity index is 1.80. The number of fused-ring (bicyclic) bond motifs is 4. The molecule has 0 aliphatic heterocycles. The summed E-state index contributed by atoms with van der Waals surface area (Å²) in [4.78, 5) is 18.4. The van der Waals surface area contributed by atoms with Crippen LogP contribution in [-0.4, -0.2) is 16.0 Å². The van der Waals surface area contributed by atoms with E-state index in [1.807, 2.05) is 48.5 Å². The molecule has 2 heterocycles. The molecule has 0 fully saturated rings. The monoisotopic (exact) mass is 386 g/mol. The minimum Gasteiger partial charge on any atom is -0.493 e. The van der Waals surface area contributed by atoms with Crippen LogP contribution in [0.3, 0.4) is 0 Å². The summed E-state index contributed by atoms with van der Waals surface area (Å²) in [6.07, 6.45) is 2.88. The lowest BCUT2D eigenvalue weighted by Gasteiger charge is -2.11. The van der Waals surface area contributed by atoms with Gasteiger partial charge in [0.25, 0.3) is 5.56 Å². The van der Waals surface area contributed by atoms with Gasteiger partial charge in [-0.05, 0) is 41.5 Å². The quantitative estimate of drug-likeness (QED) is 0.460. The number of hydrogen-bond donors (Lipinski definition) is 0. The highest BCUT2D eigenvalue weighted by Crippen LogP contribution is 2.29. The van der Waals surface area contributed by atoms with Gasteiger partial charge in [-0.15, -0.1) is 0 Å². The highest BCUT2D eigenvalue weighted by Gasteiger charge is 2.12. The largest absolute Gasteiger partial charge is 0.493 e. The van der Waals surface area contributed by atoms with E-state index in [2.05, 4.69) is 30.1 Å². The molecule has 0 atom stereocenters. The van der Waals surface area contributed by atoms with Crippen molar-refractivity contribution in [3.8, 4) is 5.75 Å². The molecule has 5 rings (SSSR count). The number of benzene rings is 3. The summed E-state index contributed by atoms with van der Waals surface area (Å²) in [5, 5.41) is 2.20. The van der Waals surface area contributed by atoms with Crippen LogP contribution in [-0.2, 0) is 0 Å². The molecule has 0 N–H and O–H groups in total. The first-order chi connectivity index (χ1) is 13.8. The molecule has 0 saturated carbocycles. The zero-order valence-electron chi connectivity index (χ0n) is 15.4. The average Bonchev–Trinajstić information content (AvgIpc) is 3.23. The van der Waals surface area contributed by atoms with Gasteiger partial charge in [-0.2, -0.15) is 0 Å². The van der Waals surface area contributed by atoms with Gasteiger partial charge in [0.1, 0.15) is 5.75 Å². The molecule has 28 heavy (non-hydrogen) atoms. The molecule has 0 unspecified atom stereocenters. The minimum absolute atomic E-state index is 0.0388. The predicted molar refractivity (Wildman–Crippen MR) is 115 cm³/mol. The molecule has 0 bridgehead atoms. The highest BCUT2D eigenvalue weighted by molar-refractivity contribution is 7.15. The van der Waals surface area contributed by atoms with Gasteiger partial charge in [-0.3, -0.25) is 4.79 Å². The third kappa shape index (κ3) is 2.67. The summed E-state index contributed by atoms with van der Waals surface area (Å²) >= 11 is 1.41. The van der Waals surface area contributed by atoms with Crippen molar-refractivity contribution in [3.05, 3.63) is 81.1 Å². The van der Waals surface area contributed by atoms with Crippen molar-refractivity contribution < 1.29 is 4.74 Å². The molecular formula is C23H18N2O2S. The van der Waals surface area contributed by atoms with Gasteiger partial charge in [0.15, 0.2) is 4.96 Å². The van der Waals surface area contributed by atoms with Gasteiger partial charge in [0, 0.05) is 5.56 Å². The summed E-state index contributed by atoms with van der Waals surface area (Å²) < 4.78 is 8.34. The van der Waals surface area contributed by atoms with E-state index in [0.29, 0.717) is 16.1 Å². The number of nitrogens with zero attached hydrogens (tertiary/aromatic N) is 2. The van der Waals surface area contributed by atoms with E-state index in [-0.39, 0.29) is 5.56 Å². The van der Waals surface area contributed by atoms with Crippen molar-refractivity contribution in [1.82, 2.24) is 9.38 Å². The molecule has 0 saturated heterocycles. The second kappa shape index (κ2) is 6.77. The van der Waals surface area contributed by atoms with Crippen molar-refractivity contribution in [2.75, 3.05) is 6.61 Å². The number of hydrogen-bond acceptors (Lipinski definition) is 4. The minimum atomic E-state index is -0.0388. The van der Waals surface area contributed by atoms with Gasteiger partial charge >= 0.3 is 0 Å². The van der Waals surface area contributed by atoms with E-state index in [1.54, 1.807) is 4.40 Å². The standard InChI is InChI=1S/C23H18N2O2S/c1-2-13-27-20-12-11-15-7-3-4-8-16(15)17(20)14-21-22(26)25-19-10-6-5-9-18(19)24-23(25)28-21/h3-12,14H,2,13H2,1H3/b21-14-. The van der Waals surface area contributed by atoms with Crippen LogP contribution in [0.15, 0.2) is 65.5 Å². The summed E-state index contributed by atoms with van der Waals surface area (Å²) in [6.45, 7) is 2.72. The SMILES string of the molecule is CCCOc1ccc2ccccc2c1/C=c1\sc2nc3ccccc3n2c1=O. The molecule has 0 amide bonds. The van der Waals surface area contributed by atoms with E-state index in [9.17, 15) is 4.79 Å². The summed E-state index contributed by atoms with van der Waals surface area (Å²) in [5.74, 6) is 0.802. The number of imidazole rings is 1. The van der Waals surface area contributed by atoms with Crippen molar-refractivity contribution in [2.24, 2.45) is 0 Å². The van der Waals surface area contributed by atoms with E-state index < -0.39 is 0 Å². The Labute approximate surface area is 165 Å². The predicted octanol–water partition coefficient (Wildman–Crippen LogP) is 4.40. The lowest BCUT2D eigenvalue weighted by Crippen LogP contribution is -2.22. The summed E-state index contributed by atoms with van der Waals surface area (Å²) in [5.41, 5.74) is 2.59. The van der Waals surface area contributed by atoms with Crippen molar-refractivity contribution in [2.45, 2.75) is 13.3 Å². The molecule has 3 aromatic carbocycles. The maximum atomic E-state index is 13.1. The van der Waals surface area contributed by atoms with Gasteiger partial charge in [0.2, 0.25) is 0 Å².